The molecule has 0 bridgehead atoms. The highest BCUT2D eigenvalue weighted by Crippen LogP contribution is 2.31. The molecule has 0 spiro atoms. The number of benzene rings is 1. The summed E-state index contributed by atoms with van der Waals surface area (Å²) in [5.74, 6) is 1.42. The summed E-state index contributed by atoms with van der Waals surface area (Å²) in [6.07, 6.45) is 10.4. The van der Waals surface area contributed by atoms with E-state index in [1.165, 1.54) is 0 Å². The predicted molar refractivity (Wildman–Crippen MR) is 101 cm³/mol. The Balaban J connectivity index is 1.50. The Labute approximate surface area is 162 Å². The van der Waals surface area contributed by atoms with Gasteiger partial charge in [-0.2, -0.15) is 0 Å². The molecule has 1 amide bonds. The quantitative estimate of drug-likeness (QED) is 0.669. The average Bonchev–Trinajstić information content (AvgIpc) is 3.36. The van der Waals surface area contributed by atoms with Crippen molar-refractivity contribution in [3.63, 3.8) is 0 Å². The highest BCUT2D eigenvalue weighted by molar-refractivity contribution is 6.31. The number of amides is 1. The van der Waals surface area contributed by atoms with Crippen LogP contribution in [-0.4, -0.2) is 31.9 Å². The zero-order valence-corrected chi connectivity index (χ0v) is 15.7. The number of oxazole rings is 1. The first-order valence-corrected chi connectivity index (χ1v) is 9.52. The summed E-state index contributed by atoms with van der Waals surface area (Å²) in [4.78, 5) is 23.1. The Morgan fingerprint density at radius 1 is 1.30 bits per heavy atom. The number of hydrogen-bond donors (Lipinski definition) is 0. The van der Waals surface area contributed by atoms with Gasteiger partial charge in [0.2, 0.25) is 11.8 Å². The summed E-state index contributed by atoms with van der Waals surface area (Å²) >= 11 is 6.24. The van der Waals surface area contributed by atoms with E-state index in [1.54, 1.807) is 29.5 Å². The van der Waals surface area contributed by atoms with E-state index in [9.17, 15) is 4.79 Å². The molecule has 3 heterocycles. The summed E-state index contributed by atoms with van der Waals surface area (Å²) in [7, 11) is 0. The second-order valence-electron chi connectivity index (χ2n) is 6.77. The molecular formula is C20H21ClN4O2. The number of nitrogens with zero attached hydrogens (tertiary/aromatic N) is 4. The Kier molecular flexibility index (Phi) is 5.25. The maximum atomic E-state index is 12.8. The van der Waals surface area contributed by atoms with E-state index in [-0.39, 0.29) is 18.5 Å². The number of aromatic nitrogens is 3. The molecule has 0 radical (unpaired) electrons. The molecule has 2 aromatic heterocycles. The number of hydrogen-bond acceptors (Lipinski definition) is 4. The molecule has 3 aromatic rings. The molecule has 1 atom stereocenters. The molecule has 27 heavy (non-hydrogen) atoms. The van der Waals surface area contributed by atoms with Gasteiger partial charge in [-0.05, 0) is 30.9 Å². The van der Waals surface area contributed by atoms with Gasteiger partial charge < -0.3 is 13.9 Å². The first-order valence-electron chi connectivity index (χ1n) is 9.14. The number of carbonyl (C=O) groups excluding carboxylic acids is 1. The van der Waals surface area contributed by atoms with Crippen LogP contribution in [0.5, 0.6) is 0 Å². The number of carbonyl (C=O) groups is 1. The molecule has 1 aliphatic rings. The van der Waals surface area contributed by atoms with Crippen molar-refractivity contribution in [3.8, 4) is 0 Å². The highest BCUT2D eigenvalue weighted by atomic mass is 35.5. The third-order valence-corrected chi connectivity index (χ3v) is 5.25. The number of likely N-dealkylation sites (tertiary alicyclic amines) is 1. The minimum absolute atomic E-state index is 0.0588. The van der Waals surface area contributed by atoms with E-state index in [0.29, 0.717) is 17.3 Å². The van der Waals surface area contributed by atoms with Crippen LogP contribution < -0.4 is 0 Å². The van der Waals surface area contributed by atoms with Gasteiger partial charge in [-0.3, -0.25) is 4.79 Å². The lowest BCUT2D eigenvalue weighted by atomic mass is 10.0. The lowest BCUT2D eigenvalue weighted by Crippen LogP contribution is -2.40. The van der Waals surface area contributed by atoms with Gasteiger partial charge in [0.05, 0.1) is 12.5 Å². The Hall–Kier alpha value is -2.60. The van der Waals surface area contributed by atoms with E-state index in [0.717, 1.165) is 37.1 Å². The van der Waals surface area contributed by atoms with Crippen LogP contribution in [0.3, 0.4) is 0 Å². The van der Waals surface area contributed by atoms with Gasteiger partial charge in [-0.1, -0.05) is 29.8 Å². The molecule has 140 valence electrons. The van der Waals surface area contributed by atoms with Crippen LogP contribution >= 0.6 is 11.6 Å². The predicted octanol–water partition coefficient (Wildman–Crippen LogP) is 3.87. The van der Waals surface area contributed by atoms with Gasteiger partial charge in [-0.25, -0.2) is 9.97 Å². The second kappa shape index (κ2) is 7.96. The van der Waals surface area contributed by atoms with E-state index < -0.39 is 0 Å². The van der Waals surface area contributed by atoms with E-state index in [4.69, 9.17) is 16.0 Å². The smallest absolute Gasteiger partial charge is 0.243 e. The third kappa shape index (κ3) is 4.06. The number of halogens is 1. The van der Waals surface area contributed by atoms with Crippen molar-refractivity contribution in [3.05, 3.63) is 71.4 Å². The fraction of sp³-hybridized carbons (Fsp3) is 0.350. The van der Waals surface area contributed by atoms with Crippen molar-refractivity contribution in [1.82, 2.24) is 19.4 Å². The molecule has 1 fully saturated rings. The van der Waals surface area contributed by atoms with Crippen LogP contribution in [0.1, 0.15) is 42.5 Å². The van der Waals surface area contributed by atoms with Crippen LogP contribution in [-0.2, 0) is 17.8 Å². The molecule has 1 saturated heterocycles. The molecule has 1 aliphatic heterocycles. The largest absolute Gasteiger partial charge is 0.443 e. The summed E-state index contributed by atoms with van der Waals surface area (Å²) in [6.45, 7) is 1.00. The monoisotopic (exact) mass is 384 g/mol. The number of rotatable bonds is 5. The van der Waals surface area contributed by atoms with Gasteiger partial charge in [-0.15, -0.1) is 0 Å². The van der Waals surface area contributed by atoms with Crippen molar-refractivity contribution in [2.45, 2.75) is 38.3 Å². The Bertz CT molecular complexity index is 906. The SMILES string of the molecule is O=C(Cn1ccnc1)N1CCCC[C@H]1c1ncc(Cc2ccccc2Cl)o1. The van der Waals surface area contributed by atoms with Gasteiger partial charge in [0.1, 0.15) is 18.3 Å². The van der Waals surface area contributed by atoms with Gasteiger partial charge in [0.25, 0.3) is 0 Å². The summed E-state index contributed by atoms with van der Waals surface area (Å²) in [6, 6.07) is 7.59. The van der Waals surface area contributed by atoms with Crippen LogP contribution in [0.15, 0.2) is 53.6 Å². The Morgan fingerprint density at radius 2 is 2.19 bits per heavy atom. The van der Waals surface area contributed by atoms with Gasteiger partial charge >= 0.3 is 0 Å². The first kappa shape index (κ1) is 17.8. The molecular weight excluding hydrogens is 364 g/mol. The molecule has 7 heteroatoms. The van der Waals surface area contributed by atoms with E-state index in [2.05, 4.69) is 9.97 Å². The standard InChI is InChI=1S/C20H21ClN4O2/c21-17-6-2-1-5-15(17)11-16-12-23-20(27-16)18-7-3-4-9-25(18)19(26)13-24-10-8-22-14-24/h1-2,5-6,8,10,12,14,18H,3-4,7,9,11,13H2/t18-/m0/s1. The zero-order chi connectivity index (χ0) is 18.6. The second-order valence-corrected chi connectivity index (χ2v) is 7.17. The molecule has 4 rings (SSSR count). The van der Waals surface area contributed by atoms with Gasteiger partial charge in [0.15, 0.2) is 0 Å². The molecule has 6 nitrogen and oxygen atoms in total. The minimum atomic E-state index is -0.116. The fourth-order valence-corrected chi connectivity index (χ4v) is 3.70. The van der Waals surface area contributed by atoms with Crippen LogP contribution in [0.4, 0.5) is 0 Å². The summed E-state index contributed by atoms with van der Waals surface area (Å²) < 4.78 is 7.80. The normalized spacial score (nSPS) is 17.2. The Morgan fingerprint density at radius 3 is 3.00 bits per heavy atom. The van der Waals surface area contributed by atoms with Crippen molar-refractivity contribution >= 4 is 17.5 Å². The molecule has 0 saturated carbocycles. The van der Waals surface area contributed by atoms with Crippen LogP contribution in [0.25, 0.3) is 0 Å². The van der Waals surface area contributed by atoms with Crippen molar-refractivity contribution in [1.29, 1.82) is 0 Å². The van der Waals surface area contributed by atoms with Crippen molar-refractivity contribution < 1.29 is 9.21 Å². The highest BCUT2D eigenvalue weighted by Gasteiger charge is 2.31. The fourth-order valence-electron chi connectivity index (χ4n) is 3.50. The molecule has 0 N–H and O–H groups in total. The maximum Gasteiger partial charge on any atom is 0.243 e. The zero-order valence-electron chi connectivity index (χ0n) is 14.9. The molecule has 0 aliphatic carbocycles. The van der Waals surface area contributed by atoms with Crippen LogP contribution in [0, 0.1) is 0 Å². The summed E-state index contributed by atoms with van der Waals surface area (Å²) in [5.41, 5.74) is 0.999. The lowest BCUT2D eigenvalue weighted by Gasteiger charge is -2.33. The number of piperidine rings is 1. The molecule has 0 unspecified atom stereocenters. The van der Waals surface area contributed by atoms with Crippen molar-refractivity contribution in [2.75, 3.05) is 6.54 Å². The summed E-state index contributed by atoms with van der Waals surface area (Å²) in [5, 5.41) is 0.713. The third-order valence-electron chi connectivity index (χ3n) is 4.88. The minimum Gasteiger partial charge on any atom is -0.443 e. The van der Waals surface area contributed by atoms with Crippen LogP contribution in [0.2, 0.25) is 5.02 Å². The first-order chi connectivity index (χ1) is 13.2. The van der Waals surface area contributed by atoms with E-state index >= 15 is 0 Å². The average molecular weight is 385 g/mol. The van der Waals surface area contributed by atoms with Crippen molar-refractivity contribution in [2.24, 2.45) is 0 Å². The van der Waals surface area contributed by atoms with E-state index in [1.807, 2.05) is 29.2 Å². The number of imidazole rings is 1. The topological polar surface area (TPSA) is 64.2 Å². The maximum absolute atomic E-state index is 12.8. The lowest BCUT2D eigenvalue weighted by molar-refractivity contribution is -0.136. The molecule has 1 aromatic carbocycles. The van der Waals surface area contributed by atoms with Gasteiger partial charge in [0, 0.05) is 30.4 Å².